The fourth-order valence-corrected chi connectivity index (χ4v) is 3.64. The zero-order valence-electron chi connectivity index (χ0n) is 12.9. The first-order valence-electron chi connectivity index (χ1n) is 7.86. The maximum absolute atomic E-state index is 4.42. The molecule has 1 unspecified atom stereocenters. The van der Waals surface area contributed by atoms with E-state index in [1.807, 2.05) is 6.20 Å². The molecule has 19 heavy (non-hydrogen) atoms. The molecule has 0 bridgehead atoms. The van der Waals surface area contributed by atoms with Crippen LogP contribution in [-0.4, -0.2) is 16.8 Å². The third-order valence-electron chi connectivity index (χ3n) is 4.91. The minimum absolute atomic E-state index is 0.468. The third-order valence-corrected chi connectivity index (χ3v) is 4.91. The number of aryl methyl sites for hydroxylation is 1. The van der Waals surface area contributed by atoms with Gasteiger partial charge in [-0.2, -0.15) is 5.10 Å². The molecular formula is C16H29N3. The van der Waals surface area contributed by atoms with Gasteiger partial charge in [0.05, 0.1) is 11.7 Å². The van der Waals surface area contributed by atoms with Crippen molar-refractivity contribution >= 4 is 0 Å². The quantitative estimate of drug-likeness (QED) is 0.879. The lowest BCUT2D eigenvalue weighted by atomic mass is 9.74. The Labute approximate surface area is 117 Å². The van der Waals surface area contributed by atoms with E-state index in [0.29, 0.717) is 6.04 Å². The third kappa shape index (κ3) is 3.19. The number of hydrogen-bond donors (Lipinski definition) is 1. The molecule has 1 atom stereocenters. The molecule has 1 N–H and O–H groups in total. The zero-order chi connectivity index (χ0) is 13.8. The molecule has 2 rings (SSSR count). The first kappa shape index (κ1) is 14.6. The van der Waals surface area contributed by atoms with Crippen LogP contribution >= 0.6 is 0 Å². The average Bonchev–Trinajstić information content (AvgIpc) is 2.88. The molecule has 1 heterocycles. The molecule has 1 aromatic rings. The van der Waals surface area contributed by atoms with Gasteiger partial charge in [0.15, 0.2) is 0 Å². The largest absolute Gasteiger partial charge is 0.311 e. The van der Waals surface area contributed by atoms with Crippen molar-refractivity contribution < 1.29 is 0 Å². The van der Waals surface area contributed by atoms with Gasteiger partial charge in [0.2, 0.25) is 0 Å². The van der Waals surface area contributed by atoms with Crippen LogP contribution in [0, 0.1) is 17.8 Å². The van der Waals surface area contributed by atoms with Crippen LogP contribution in [0.5, 0.6) is 0 Å². The minimum atomic E-state index is 0.468. The van der Waals surface area contributed by atoms with Crippen LogP contribution in [0.25, 0.3) is 0 Å². The Morgan fingerprint density at radius 2 is 1.89 bits per heavy atom. The number of nitrogens with one attached hydrogen (secondary N) is 1. The van der Waals surface area contributed by atoms with E-state index in [9.17, 15) is 0 Å². The molecule has 1 aliphatic carbocycles. The van der Waals surface area contributed by atoms with Crippen molar-refractivity contribution in [1.82, 2.24) is 15.1 Å². The molecule has 1 aromatic heterocycles. The van der Waals surface area contributed by atoms with Crippen molar-refractivity contribution in [3.05, 3.63) is 18.0 Å². The van der Waals surface area contributed by atoms with Gasteiger partial charge in [-0.15, -0.1) is 0 Å². The highest BCUT2D eigenvalue weighted by Gasteiger charge is 2.30. The first-order valence-corrected chi connectivity index (χ1v) is 7.86. The van der Waals surface area contributed by atoms with Gasteiger partial charge in [0.25, 0.3) is 0 Å². The van der Waals surface area contributed by atoms with Gasteiger partial charge in [-0.25, -0.2) is 0 Å². The Morgan fingerprint density at radius 3 is 2.42 bits per heavy atom. The molecule has 1 saturated carbocycles. The van der Waals surface area contributed by atoms with Crippen molar-refractivity contribution in [3.63, 3.8) is 0 Å². The van der Waals surface area contributed by atoms with Crippen molar-refractivity contribution in [2.75, 3.05) is 7.05 Å². The van der Waals surface area contributed by atoms with E-state index in [1.54, 1.807) is 0 Å². The Balaban J connectivity index is 2.04. The summed E-state index contributed by atoms with van der Waals surface area (Å²) in [6.45, 7) is 7.86. The molecule has 1 aliphatic rings. The Bertz CT molecular complexity index is 375. The second kappa shape index (κ2) is 6.56. The van der Waals surface area contributed by atoms with Gasteiger partial charge < -0.3 is 5.32 Å². The molecule has 0 radical (unpaired) electrons. The lowest BCUT2D eigenvalue weighted by Gasteiger charge is -2.35. The van der Waals surface area contributed by atoms with E-state index in [0.717, 1.165) is 24.3 Å². The summed E-state index contributed by atoms with van der Waals surface area (Å²) in [4.78, 5) is 0. The van der Waals surface area contributed by atoms with Crippen molar-refractivity contribution in [1.29, 1.82) is 0 Å². The summed E-state index contributed by atoms with van der Waals surface area (Å²) in [5.74, 6) is 2.54. The van der Waals surface area contributed by atoms with Gasteiger partial charge in [-0.1, -0.05) is 13.8 Å². The monoisotopic (exact) mass is 263 g/mol. The van der Waals surface area contributed by atoms with Crippen LogP contribution in [0.15, 0.2) is 12.3 Å². The minimum Gasteiger partial charge on any atom is -0.311 e. The topological polar surface area (TPSA) is 29.9 Å². The molecule has 0 saturated heterocycles. The van der Waals surface area contributed by atoms with Gasteiger partial charge in [0.1, 0.15) is 0 Å². The van der Waals surface area contributed by atoms with E-state index >= 15 is 0 Å². The van der Waals surface area contributed by atoms with Gasteiger partial charge in [0, 0.05) is 12.7 Å². The predicted octanol–water partition coefficient (Wildman–Crippen LogP) is 3.63. The van der Waals surface area contributed by atoms with E-state index in [1.165, 1.54) is 31.4 Å². The molecule has 0 aromatic carbocycles. The SMILES string of the molecule is CCn1nccc1C(NC)C1CCC(C(C)C)CC1. The highest BCUT2D eigenvalue weighted by molar-refractivity contribution is 5.09. The highest BCUT2D eigenvalue weighted by Crippen LogP contribution is 2.39. The van der Waals surface area contributed by atoms with Gasteiger partial charge >= 0.3 is 0 Å². The Morgan fingerprint density at radius 1 is 1.26 bits per heavy atom. The first-order chi connectivity index (χ1) is 9.17. The average molecular weight is 263 g/mol. The second-order valence-corrected chi connectivity index (χ2v) is 6.26. The van der Waals surface area contributed by atoms with Gasteiger partial charge in [-0.05, 0) is 63.5 Å². The second-order valence-electron chi connectivity index (χ2n) is 6.26. The van der Waals surface area contributed by atoms with E-state index in [4.69, 9.17) is 0 Å². The molecule has 108 valence electrons. The maximum Gasteiger partial charge on any atom is 0.0556 e. The molecule has 3 nitrogen and oxygen atoms in total. The number of aromatic nitrogens is 2. The van der Waals surface area contributed by atoms with Crippen LogP contribution in [0.1, 0.15) is 58.2 Å². The number of hydrogen-bond acceptors (Lipinski definition) is 2. The molecule has 0 amide bonds. The van der Waals surface area contributed by atoms with Crippen molar-refractivity contribution in [3.8, 4) is 0 Å². The lowest BCUT2D eigenvalue weighted by Crippen LogP contribution is -2.31. The Kier molecular flexibility index (Phi) is 5.03. The maximum atomic E-state index is 4.42. The van der Waals surface area contributed by atoms with Crippen LogP contribution < -0.4 is 5.32 Å². The summed E-state index contributed by atoms with van der Waals surface area (Å²) < 4.78 is 2.13. The lowest BCUT2D eigenvalue weighted by molar-refractivity contribution is 0.188. The summed E-state index contributed by atoms with van der Waals surface area (Å²) >= 11 is 0. The molecule has 3 heteroatoms. The fourth-order valence-electron chi connectivity index (χ4n) is 3.64. The van der Waals surface area contributed by atoms with Crippen LogP contribution in [0.2, 0.25) is 0 Å². The standard InChI is InChI=1S/C16H29N3/c1-5-19-15(10-11-18-19)16(17-4)14-8-6-13(7-9-14)12(2)3/h10-14,16-17H,5-9H2,1-4H3. The van der Waals surface area contributed by atoms with Crippen LogP contribution in [0.4, 0.5) is 0 Å². The van der Waals surface area contributed by atoms with Crippen LogP contribution in [-0.2, 0) is 6.54 Å². The smallest absolute Gasteiger partial charge is 0.0556 e. The van der Waals surface area contributed by atoms with E-state index in [2.05, 4.69) is 49.0 Å². The molecular weight excluding hydrogens is 234 g/mol. The van der Waals surface area contributed by atoms with E-state index < -0.39 is 0 Å². The molecule has 0 aliphatic heterocycles. The summed E-state index contributed by atoms with van der Waals surface area (Å²) in [5, 5.41) is 7.95. The predicted molar refractivity (Wildman–Crippen MR) is 80.0 cm³/mol. The summed E-state index contributed by atoms with van der Waals surface area (Å²) in [7, 11) is 2.09. The van der Waals surface area contributed by atoms with Crippen LogP contribution in [0.3, 0.4) is 0 Å². The zero-order valence-corrected chi connectivity index (χ0v) is 12.9. The van der Waals surface area contributed by atoms with E-state index in [-0.39, 0.29) is 0 Å². The van der Waals surface area contributed by atoms with Gasteiger partial charge in [-0.3, -0.25) is 4.68 Å². The number of nitrogens with zero attached hydrogens (tertiary/aromatic N) is 2. The molecule has 1 fully saturated rings. The summed E-state index contributed by atoms with van der Waals surface area (Å²) in [6, 6.07) is 2.65. The Hall–Kier alpha value is -0.830. The van der Waals surface area contributed by atoms with Crippen molar-refractivity contribution in [2.45, 2.75) is 59.0 Å². The molecule has 0 spiro atoms. The normalized spacial score (nSPS) is 25.7. The van der Waals surface area contributed by atoms with Crippen molar-refractivity contribution in [2.24, 2.45) is 17.8 Å². The summed E-state index contributed by atoms with van der Waals surface area (Å²) in [6.07, 6.45) is 7.41. The summed E-state index contributed by atoms with van der Waals surface area (Å²) in [5.41, 5.74) is 1.36. The number of rotatable bonds is 5. The highest BCUT2D eigenvalue weighted by atomic mass is 15.3. The fraction of sp³-hybridized carbons (Fsp3) is 0.812.